The van der Waals surface area contributed by atoms with E-state index in [9.17, 15) is 24.6 Å². The van der Waals surface area contributed by atoms with Crippen molar-refractivity contribution in [1.29, 1.82) is 0 Å². The topological polar surface area (TPSA) is 101 Å². The Bertz CT molecular complexity index is 690. The Morgan fingerprint density at radius 2 is 2.04 bits per heavy atom. The molecule has 0 spiro atoms. The average molecular weight is 364 g/mol. The number of aliphatic carboxylic acids is 1. The number of hydrogen-bond donors (Lipinski definition) is 2. The largest absolute Gasteiger partial charge is 0.481 e. The quantitative estimate of drug-likeness (QED) is 0.587. The Morgan fingerprint density at radius 3 is 2.58 bits per heavy atom. The van der Waals surface area contributed by atoms with Gasteiger partial charge in [0.05, 0.1) is 11.5 Å². The highest BCUT2D eigenvalue weighted by atomic mass is 16.5. The van der Waals surface area contributed by atoms with Crippen molar-refractivity contribution in [3.8, 4) is 0 Å². The molecule has 0 heterocycles. The molecule has 0 amide bonds. The standard InChI is InChI=1S/C20H28O6/c1-6-11(2)18(24)26-16-7-8-20(25)10-15(21)14(12(3)17(22)23)9-19(20,5)13(16)4/h6,9,12-13,16,25H,7-8,10H2,1-5H3,(H,22,23). The number of esters is 1. The molecule has 2 rings (SSSR count). The highest BCUT2D eigenvalue weighted by molar-refractivity contribution is 6.01. The third-order valence-electron chi connectivity index (χ3n) is 6.43. The lowest BCUT2D eigenvalue weighted by atomic mass is 9.53. The zero-order valence-corrected chi connectivity index (χ0v) is 16.0. The molecular formula is C20H28O6. The summed E-state index contributed by atoms with van der Waals surface area (Å²) in [6.45, 7) is 8.61. The van der Waals surface area contributed by atoms with Crippen LogP contribution >= 0.6 is 0 Å². The molecule has 6 heteroatoms. The van der Waals surface area contributed by atoms with Crippen molar-refractivity contribution in [2.24, 2.45) is 17.3 Å². The second-order valence-corrected chi connectivity index (χ2v) is 7.82. The van der Waals surface area contributed by atoms with E-state index in [0.717, 1.165) is 0 Å². The van der Waals surface area contributed by atoms with Crippen molar-refractivity contribution < 1.29 is 29.3 Å². The number of carboxylic acid groups (broad SMARTS) is 1. The number of carboxylic acids is 1. The lowest BCUT2D eigenvalue weighted by Crippen LogP contribution is -2.60. The first kappa shape index (κ1) is 20.4. The molecule has 0 aromatic carbocycles. The van der Waals surface area contributed by atoms with E-state index in [4.69, 9.17) is 4.74 Å². The van der Waals surface area contributed by atoms with Gasteiger partial charge in [-0.3, -0.25) is 9.59 Å². The minimum Gasteiger partial charge on any atom is -0.481 e. The molecule has 0 aromatic rings. The van der Waals surface area contributed by atoms with Crippen molar-refractivity contribution in [1.82, 2.24) is 0 Å². The van der Waals surface area contributed by atoms with E-state index in [1.807, 2.05) is 13.8 Å². The van der Waals surface area contributed by atoms with E-state index >= 15 is 0 Å². The van der Waals surface area contributed by atoms with Crippen molar-refractivity contribution in [2.45, 2.75) is 65.6 Å². The second kappa shape index (κ2) is 6.99. The Balaban J connectivity index is 2.40. The predicted molar refractivity (Wildman–Crippen MR) is 95.3 cm³/mol. The molecule has 0 saturated heterocycles. The Hall–Kier alpha value is -1.95. The molecule has 26 heavy (non-hydrogen) atoms. The summed E-state index contributed by atoms with van der Waals surface area (Å²) in [6, 6.07) is 0. The summed E-state index contributed by atoms with van der Waals surface area (Å²) >= 11 is 0. The van der Waals surface area contributed by atoms with E-state index in [-0.39, 0.29) is 23.7 Å². The fraction of sp³-hybridized carbons (Fsp3) is 0.650. The molecule has 0 aromatic heterocycles. The Labute approximate surface area is 153 Å². The number of carbonyl (C=O) groups excluding carboxylic acids is 2. The summed E-state index contributed by atoms with van der Waals surface area (Å²) in [4.78, 5) is 36.0. The lowest BCUT2D eigenvalue weighted by molar-refractivity contribution is -0.179. The van der Waals surface area contributed by atoms with Crippen LogP contribution in [0, 0.1) is 17.3 Å². The normalized spacial score (nSPS) is 36.0. The fourth-order valence-electron chi connectivity index (χ4n) is 4.03. The first-order valence-corrected chi connectivity index (χ1v) is 9.02. The van der Waals surface area contributed by atoms with Crippen LogP contribution in [0.2, 0.25) is 0 Å². The maximum atomic E-state index is 12.5. The number of carbonyl (C=O) groups is 3. The summed E-state index contributed by atoms with van der Waals surface area (Å²) in [7, 11) is 0. The fourth-order valence-corrected chi connectivity index (χ4v) is 4.03. The smallest absolute Gasteiger partial charge is 0.333 e. The maximum Gasteiger partial charge on any atom is 0.333 e. The number of allylic oxidation sites excluding steroid dienone is 1. The third-order valence-corrected chi connectivity index (χ3v) is 6.43. The van der Waals surface area contributed by atoms with Gasteiger partial charge in [0.25, 0.3) is 0 Å². The first-order valence-electron chi connectivity index (χ1n) is 9.02. The van der Waals surface area contributed by atoms with Gasteiger partial charge >= 0.3 is 11.9 Å². The zero-order chi connectivity index (χ0) is 19.9. The van der Waals surface area contributed by atoms with Gasteiger partial charge in [-0.05, 0) is 33.6 Å². The zero-order valence-electron chi connectivity index (χ0n) is 16.0. The molecule has 0 radical (unpaired) electrons. The highest BCUT2D eigenvalue weighted by Crippen LogP contribution is 2.55. The minimum atomic E-state index is -1.26. The number of hydrogen-bond acceptors (Lipinski definition) is 5. The van der Waals surface area contributed by atoms with E-state index in [1.54, 1.807) is 26.0 Å². The van der Waals surface area contributed by atoms with Crippen LogP contribution in [0.5, 0.6) is 0 Å². The van der Waals surface area contributed by atoms with E-state index < -0.39 is 35.0 Å². The third kappa shape index (κ3) is 3.22. The molecule has 5 atom stereocenters. The molecule has 1 saturated carbocycles. The summed E-state index contributed by atoms with van der Waals surface area (Å²) in [5.74, 6) is -3.00. The van der Waals surface area contributed by atoms with Crippen molar-refractivity contribution in [3.63, 3.8) is 0 Å². The molecule has 5 unspecified atom stereocenters. The molecule has 1 fully saturated rings. The van der Waals surface area contributed by atoms with Gasteiger partial charge in [-0.2, -0.15) is 0 Å². The molecular weight excluding hydrogens is 336 g/mol. The van der Waals surface area contributed by atoms with Gasteiger partial charge < -0.3 is 14.9 Å². The van der Waals surface area contributed by atoms with Crippen LogP contribution < -0.4 is 0 Å². The van der Waals surface area contributed by atoms with Gasteiger partial charge in [-0.15, -0.1) is 0 Å². The molecule has 0 bridgehead atoms. The van der Waals surface area contributed by atoms with Gasteiger partial charge in [0.15, 0.2) is 5.78 Å². The van der Waals surface area contributed by atoms with Crippen LogP contribution in [0.15, 0.2) is 23.3 Å². The maximum absolute atomic E-state index is 12.5. The number of fused-ring (bicyclic) bond motifs is 1. The first-order chi connectivity index (χ1) is 12.0. The number of rotatable bonds is 4. The number of Topliss-reactive ketones (excluding diaryl/α,β-unsaturated/α-hetero) is 1. The lowest BCUT2D eigenvalue weighted by Gasteiger charge is -2.55. The van der Waals surface area contributed by atoms with Crippen LogP contribution in [0.1, 0.15) is 53.9 Å². The summed E-state index contributed by atoms with van der Waals surface area (Å²) < 4.78 is 5.64. The Kier molecular flexibility index (Phi) is 5.47. The minimum absolute atomic E-state index is 0.105. The van der Waals surface area contributed by atoms with E-state index in [1.165, 1.54) is 6.92 Å². The summed E-state index contributed by atoms with van der Waals surface area (Å²) in [5, 5.41) is 20.5. The molecule has 144 valence electrons. The molecule has 6 nitrogen and oxygen atoms in total. The van der Waals surface area contributed by atoms with Gasteiger partial charge in [0.2, 0.25) is 0 Å². The van der Waals surface area contributed by atoms with Crippen LogP contribution in [-0.4, -0.2) is 39.6 Å². The van der Waals surface area contributed by atoms with Crippen molar-refractivity contribution in [3.05, 3.63) is 23.3 Å². The average Bonchev–Trinajstić information content (AvgIpc) is 2.58. The van der Waals surface area contributed by atoms with Crippen molar-refractivity contribution >= 4 is 17.7 Å². The van der Waals surface area contributed by atoms with Crippen LogP contribution in [0.3, 0.4) is 0 Å². The molecule has 2 aliphatic rings. The number of ketones is 1. The van der Waals surface area contributed by atoms with Gasteiger partial charge in [0, 0.05) is 28.9 Å². The van der Waals surface area contributed by atoms with Gasteiger partial charge in [-0.1, -0.05) is 26.0 Å². The van der Waals surface area contributed by atoms with Crippen LogP contribution in [0.25, 0.3) is 0 Å². The molecule has 0 aliphatic heterocycles. The van der Waals surface area contributed by atoms with Gasteiger partial charge in [-0.25, -0.2) is 4.79 Å². The van der Waals surface area contributed by atoms with Gasteiger partial charge in [0.1, 0.15) is 6.10 Å². The highest BCUT2D eigenvalue weighted by Gasteiger charge is 2.58. The van der Waals surface area contributed by atoms with Crippen LogP contribution in [0.4, 0.5) is 0 Å². The number of aliphatic hydroxyl groups is 1. The van der Waals surface area contributed by atoms with E-state index in [0.29, 0.717) is 18.4 Å². The van der Waals surface area contributed by atoms with Crippen LogP contribution in [-0.2, 0) is 19.1 Å². The van der Waals surface area contributed by atoms with E-state index in [2.05, 4.69) is 0 Å². The summed E-state index contributed by atoms with van der Waals surface area (Å²) in [5.41, 5.74) is -1.39. The molecule has 2 N–H and O–H groups in total. The molecule has 2 aliphatic carbocycles. The number of ether oxygens (including phenoxy) is 1. The second-order valence-electron chi connectivity index (χ2n) is 7.82. The summed E-state index contributed by atoms with van der Waals surface area (Å²) in [6.07, 6.45) is 3.56. The Morgan fingerprint density at radius 1 is 1.42 bits per heavy atom. The monoisotopic (exact) mass is 364 g/mol. The predicted octanol–water partition coefficient (Wildman–Crippen LogP) is 2.65. The SMILES string of the molecule is CC=C(C)C(=O)OC1CCC2(O)CC(=O)C(C(C)C(=O)O)=CC2(C)C1C. The van der Waals surface area contributed by atoms with Crippen molar-refractivity contribution in [2.75, 3.05) is 0 Å².